The summed E-state index contributed by atoms with van der Waals surface area (Å²) in [7, 11) is 0. The van der Waals surface area contributed by atoms with Crippen LogP contribution in [0.25, 0.3) is 10.9 Å². The fourth-order valence-corrected chi connectivity index (χ4v) is 5.15. The minimum Gasteiger partial charge on any atom is -0.381 e. The van der Waals surface area contributed by atoms with Crippen LogP contribution >= 0.6 is 0 Å². The number of aromatic nitrogens is 1. The predicted octanol–water partition coefficient (Wildman–Crippen LogP) is 5.03. The van der Waals surface area contributed by atoms with E-state index in [2.05, 4.69) is 76.7 Å². The lowest BCUT2D eigenvalue weighted by Gasteiger charge is -2.42. The van der Waals surface area contributed by atoms with Crippen LogP contribution in [0.5, 0.6) is 0 Å². The summed E-state index contributed by atoms with van der Waals surface area (Å²) in [4.78, 5) is 6.19. The molecule has 3 aromatic rings. The largest absolute Gasteiger partial charge is 0.381 e. The van der Waals surface area contributed by atoms with Crippen molar-refractivity contribution in [3.8, 4) is 0 Å². The number of aromatic amines is 1. The fraction of sp³-hybridized carbons (Fsp3) is 0.462. The summed E-state index contributed by atoms with van der Waals surface area (Å²) in [5.74, 6) is 0.686. The zero-order valence-electron chi connectivity index (χ0n) is 17.9. The van der Waals surface area contributed by atoms with E-state index in [0.29, 0.717) is 18.0 Å². The maximum atomic E-state index is 5.44. The Hall–Kier alpha value is -2.30. The molecular weight excluding hydrogens is 370 g/mol. The van der Waals surface area contributed by atoms with E-state index in [0.717, 1.165) is 26.3 Å². The molecule has 1 saturated heterocycles. The van der Waals surface area contributed by atoms with Crippen molar-refractivity contribution >= 4 is 16.6 Å². The van der Waals surface area contributed by atoms with Crippen LogP contribution in [0.15, 0.2) is 54.6 Å². The lowest BCUT2D eigenvalue weighted by atomic mass is 9.89. The molecule has 2 aromatic carbocycles. The van der Waals surface area contributed by atoms with Gasteiger partial charge in [-0.1, -0.05) is 36.4 Å². The molecule has 2 aliphatic rings. The van der Waals surface area contributed by atoms with E-state index in [9.17, 15) is 0 Å². The van der Waals surface area contributed by atoms with Crippen LogP contribution in [0.3, 0.4) is 0 Å². The number of fused-ring (bicyclic) bond motifs is 1. The van der Waals surface area contributed by atoms with E-state index in [-0.39, 0.29) is 0 Å². The maximum absolute atomic E-state index is 5.44. The van der Waals surface area contributed by atoms with Gasteiger partial charge in [-0.25, -0.2) is 0 Å². The molecule has 158 valence electrons. The minimum atomic E-state index is 0.610. The molecule has 30 heavy (non-hydrogen) atoms. The van der Waals surface area contributed by atoms with E-state index < -0.39 is 0 Å². The van der Waals surface area contributed by atoms with E-state index in [1.54, 1.807) is 0 Å². The van der Waals surface area contributed by atoms with Crippen molar-refractivity contribution < 1.29 is 4.74 Å². The molecule has 4 heteroatoms. The van der Waals surface area contributed by atoms with Gasteiger partial charge in [-0.3, -0.25) is 0 Å². The van der Waals surface area contributed by atoms with Gasteiger partial charge < -0.3 is 19.9 Å². The average Bonchev–Trinajstić information content (AvgIpc) is 3.08. The molecule has 0 unspecified atom stereocenters. The Labute approximate surface area is 179 Å². The molecule has 0 bridgehead atoms. The third kappa shape index (κ3) is 4.12. The first-order valence-electron chi connectivity index (χ1n) is 11.5. The van der Waals surface area contributed by atoms with Gasteiger partial charge in [-0.2, -0.15) is 0 Å². The van der Waals surface area contributed by atoms with Gasteiger partial charge in [-0.05, 0) is 56.4 Å². The number of ether oxygens (including phenoxy) is 1. The molecule has 2 fully saturated rings. The highest BCUT2D eigenvalue weighted by molar-refractivity contribution is 5.84. The molecule has 1 aromatic heterocycles. The molecule has 0 radical (unpaired) electrons. The fourth-order valence-electron chi connectivity index (χ4n) is 5.15. The third-order valence-electron chi connectivity index (χ3n) is 6.98. The average molecular weight is 404 g/mol. The Kier molecular flexibility index (Phi) is 5.78. The Morgan fingerprint density at radius 1 is 0.967 bits per heavy atom. The number of para-hydroxylation sites is 2. The van der Waals surface area contributed by atoms with E-state index in [1.807, 2.05) is 0 Å². The Bertz CT molecular complexity index is 955. The summed E-state index contributed by atoms with van der Waals surface area (Å²) in [6, 6.07) is 20.9. The van der Waals surface area contributed by atoms with Crippen LogP contribution in [0.1, 0.15) is 36.9 Å². The molecule has 4 nitrogen and oxygen atoms in total. The van der Waals surface area contributed by atoms with Gasteiger partial charge in [0.15, 0.2) is 0 Å². The number of benzene rings is 2. The number of aryl methyl sites for hydroxylation is 1. The van der Waals surface area contributed by atoms with Gasteiger partial charge in [-0.15, -0.1) is 0 Å². The minimum absolute atomic E-state index is 0.610. The maximum Gasteiger partial charge on any atom is 0.0533 e. The smallest absolute Gasteiger partial charge is 0.0533 e. The monoisotopic (exact) mass is 403 g/mol. The van der Waals surface area contributed by atoms with Crippen molar-refractivity contribution in [1.82, 2.24) is 10.3 Å². The van der Waals surface area contributed by atoms with Crippen LogP contribution in [-0.2, 0) is 11.3 Å². The van der Waals surface area contributed by atoms with Gasteiger partial charge in [0.2, 0.25) is 0 Å². The molecular formula is C26H33N3O. The molecule has 2 heterocycles. The first-order valence-corrected chi connectivity index (χ1v) is 11.5. The zero-order chi connectivity index (χ0) is 20.3. The Balaban J connectivity index is 1.20. The number of hydrogen-bond acceptors (Lipinski definition) is 3. The van der Waals surface area contributed by atoms with E-state index in [4.69, 9.17) is 4.74 Å². The molecule has 1 saturated carbocycles. The number of nitrogens with one attached hydrogen (secondary N) is 2. The number of rotatable bonds is 7. The van der Waals surface area contributed by atoms with Crippen LogP contribution in [0.4, 0.5) is 5.69 Å². The molecule has 2 N–H and O–H groups in total. The topological polar surface area (TPSA) is 40.3 Å². The summed E-state index contributed by atoms with van der Waals surface area (Å²) in [6.45, 7) is 6.11. The second kappa shape index (κ2) is 8.83. The lowest BCUT2D eigenvalue weighted by molar-refractivity contribution is -0.0286. The van der Waals surface area contributed by atoms with Crippen LogP contribution in [0, 0.1) is 12.8 Å². The van der Waals surface area contributed by atoms with Crippen LogP contribution < -0.4 is 10.2 Å². The van der Waals surface area contributed by atoms with Gasteiger partial charge in [0.05, 0.1) is 13.2 Å². The van der Waals surface area contributed by atoms with Crippen molar-refractivity contribution in [3.63, 3.8) is 0 Å². The molecule has 5 rings (SSSR count). The molecule has 1 aliphatic carbocycles. The highest BCUT2D eigenvalue weighted by Gasteiger charge is 2.30. The highest BCUT2D eigenvalue weighted by atomic mass is 16.5. The second-order valence-corrected chi connectivity index (χ2v) is 9.05. The highest BCUT2D eigenvalue weighted by Crippen LogP contribution is 2.30. The quantitative estimate of drug-likeness (QED) is 0.581. The summed E-state index contributed by atoms with van der Waals surface area (Å²) >= 11 is 0. The normalized spacial score (nSPS) is 22.2. The first kappa shape index (κ1) is 19.7. The molecule has 1 aliphatic heterocycles. The summed E-state index contributed by atoms with van der Waals surface area (Å²) in [5, 5.41) is 5.22. The Morgan fingerprint density at radius 2 is 1.70 bits per heavy atom. The number of hydrogen-bond donors (Lipinski definition) is 2. The summed E-state index contributed by atoms with van der Waals surface area (Å²) in [6.07, 6.45) is 5.01. The van der Waals surface area contributed by atoms with Crippen LogP contribution in [-0.4, -0.2) is 36.8 Å². The van der Waals surface area contributed by atoms with E-state index in [1.165, 1.54) is 53.5 Å². The van der Waals surface area contributed by atoms with E-state index >= 15 is 0 Å². The van der Waals surface area contributed by atoms with Crippen molar-refractivity contribution in [1.29, 1.82) is 0 Å². The Morgan fingerprint density at radius 3 is 2.43 bits per heavy atom. The van der Waals surface area contributed by atoms with Crippen molar-refractivity contribution in [2.45, 2.75) is 51.2 Å². The molecule has 0 spiro atoms. The van der Waals surface area contributed by atoms with Gasteiger partial charge in [0.25, 0.3) is 0 Å². The van der Waals surface area contributed by atoms with Crippen molar-refractivity contribution in [2.75, 3.05) is 24.7 Å². The third-order valence-corrected chi connectivity index (χ3v) is 6.98. The van der Waals surface area contributed by atoms with Gasteiger partial charge in [0.1, 0.15) is 0 Å². The zero-order valence-corrected chi connectivity index (χ0v) is 17.9. The SMILES string of the molecule is Cc1[nH]c2ccccc2c1CN[C@H]1CC[C@H](N(CC2COC2)c2ccccc2)CC1. The van der Waals surface area contributed by atoms with Crippen molar-refractivity contribution in [2.24, 2.45) is 5.92 Å². The van der Waals surface area contributed by atoms with Gasteiger partial charge in [0, 0.05) is 53.4 Å². The summed E-state index contributed by atoms with van der Waals surface area (Å²) < 4.78 is 5.44. The number of nitrogens with zero attached hydrogens (tertiary/aromatic N) is 1. The van der Waals surface area contributed by atoms with Gasteiger partial charge >= 0.3 is 0 Å². The molecule has 0 atom stereocenters. The summed E-state index contributed by atoms with van der Waals surface area (Å²) in [5.41, 5.74) is 5.32. The lowest BCUT2D eigenvalue weighted by Crippen LogP contribution is -2.47. The number of H-pyrrole nitrogens is 1. The number of anilines is 1. The standard InChI is InChI=1S/C26H33N3O/c1-19-25(24-9-5-6-10-26(24)28-19)15-27-21-11-13-23(14-12-21)29(16-20-17-30-18-20)22-7-3-2-4-8-22/h2-10,20-21,23,27-28H,11-18H2,1H3/t21-,23-. The van der Waals surface area contributed by atoms with Crippen molar-refractivity contribution in [3.05, 3.63) is 65.9 Å². The second-order valence-electron chi connectivity index (χ2n) is 9.05. The van der Waals surface area contributed by atoms with Crippen LogP contribution in [0.2, 0.25) is 0 Å². The predicted molar refractivity (Wildman–Crippen MR) is 124 cm³/mol. The first-order chi connectivity index (χ1) is 14.8. The molecule has 0 amide bonds.